The summed E-state index contributed by atoms with van der Waals surface area (Å²) >= 11 is 0. The Balaban J connectivity index is 1.12. The minimum atomic E-state index is -5.22. The summed E-state index contributed by atoms with van der Waals surface area (Å²) in [5, 5.41) is 52.4. The van der Waals surface area contributed by atoms with Gasteiger partial charge in [-0.15, -0.1) is 0 Å². The molecule has 0 unspecified atom stereocenters. The van der Waals surface area contributed by atoms with E-state index in [1.165, 1.54) is 6.07 Å². The van der Waals surface area contributed by atoms with Crippen molar-refractivity contribution in [2.75, 3.05) is 0 Å². The second kappa shape index (κ2) is 20.8. The maximum absolute atomic E-state index is 15.3. The molecule has 0 bridgehead atoms. The number of rotatable bonds is 8. The third kappa shape index (κ3) is 9.37. The Morgan fingerprint density at radius 1 is 0.256 bits per heavy atom. The average molecular weight is 1130 g/mol. The van der Waals surface area contributed by atoms with Crippen molar-refractivity contribution in [2.45, 2.75) is 12.4 Å². The van der Waals surface area contributed by atoms with Gasteiger partial charge >= 0.3 is 12.4 Å². The molecular formula is C73H37F6N7. The van der Waals surface area contributed by atoms with Gasteiger partial charge in [0.05, 0.1) is 103 Å². The first-order chi connectivity index (χ1) is 41.6. The molecule has 0 saturated carbocycles. The van der Waals surface area contributed by atoms with E-state index in [-0.39, 0.29) is 17.2 Å². The van der Waals surface area contributed by atoms with E-state index in [2.05, 4.69) is 30.3 Å². The molecule has 11 aromatic carbocycles. The van der Waals surface area contributed by atoms with Crippen LogP contribution in [0.2, 0.25) is 0 Å². The molecule has 0 fully saturated rings. The number of nitrogens with zero attached hydrogens (tertiary/aromatic N) is 7. The number of hydrogen-bond donors (Lipinski definition) is 0. The normalized spacial score (nSPS) is 11.5. The Morgan fingerprint density at radius 3 is 0.884 bits per heavy atom. The molecule has 0 aliphatic rings. The highest BCUT2D eigenvalue weighted by atomic mass is 19.4. The number of hydrogen-bond acceptors (Lipinski definition) is 5. The lowest BCUT2D eigenvalue weighted by molar-refractivity contribution is -0.142. The van der Waals surface area contributed by atoms with Crippen molar-refractivity contribution in [3.8, 4) is 108 Å². The predicted octanol–water partition coefficient (Wildman–Crippen LogP) is 19.3. The average Bonchev–Trinajstić information content (AvgIpc) is 1.67. The van der Waals surface area contributed by atoms with Crippen LogP contribution in [0.4, 0.5) is 26.3 Å². The Bertz CT molecular complexity index is 4940. The molecule has 0 spiro atoms. The van der Waals surface area contributed by atoms with E-state index >= 15 is 13.2 Å². The molecular weight excluding hydrogens is 1090 g/mol. The van der Waals surface area contributed by atoms with Crippen LogP contribution in [-0.2, 0) is 12.4 Å². The van der Waals surface area contributed by atoms with Crippen LogP contribution < -0.4 is 0 Å². The third-order valence-corrected chi connectivity index (χ3v) is 15.8. The summed E-state index contributed by atoms with van der Waals surface area (Å²) in [7, 11) is 0. The fraction of sp³-hybridized carbons (Fsp3) is 0.0274. The first-order valence-electron chi connectivity index (χ1n) is 26.8. The van der Waals surface area contributed by atoms with Gasteiger partial charge in [-0.2, -0.15) is 52.7 Å². The Kier molecular flexibility index (Phi) is 12.9. The van der Waals surface area contributed by atoms with Gasteiger partial charge in [-0.3, -0.25) is 0 Å². The topological polar surface area (TPSA) is 129 Å². The van der Waals surface area contributed by atoms with Crippen molar-refractivity contribution in [3.63, 3.8) is 0 Å². The van der Waals surface area contributed by atoms with E-state index < -0.39 is 29.0 Å². The third-order valence-electron chi connectivity index (χ3n) is 15.8. The molecule has 13 aromatic rings. The second-order valence-corrected chi connectivity index (χ2v) is 20.7. The lowest BCUT2D eigenvalue weighted by Crippen LogP contribution is -2.12. The van der Waals surface area contributed by atoms with E-state index in [9.17, 15) is 39.5 Å². The second-order valence-electron chi connectivity index (χ2n) is 20.7. The van der Waals surface area contributed by atoms with Gasteiger partial charge in [0.1, 0.15) is 0 Å². The van der Waals surface area contributed by atoms with Crippen molar-refractivity contribution >= 4 is 43.6 Å². The minimum Gasteiger partial charge on any atom is -0.309 e. The highest BCUT2D eigenvalue weighted by Crippen LogP contribution is 2.47. The standard InChI is InChI=1S/C73H37F6N7/c74-72(75,76)57-23-24-58(65(37-57)73(77,78)79)56-22-30-71(86-69-28-20-54(50-14-5-45(40-82)6-15-50)34-62(69)63-35-55(21-29-70(63)86)51-16-7-46(41-83)8-17-51)64(36-56)59-31-47(42-84)9-25-66(59)85-67-26-18-52(48-10-1-43(38-80)2-11-48)32-60(67)61-33-53(19-27-68(61)85)49-12-3-44(39-81)4-13-49/h1-37H. The van der Waals surface area contributed by atoms with Gasteiger partial charge in [-0.05, 0) is 195 Å². The number of alkyl halides is 6. The zero-order valence-electron chi connectivity index (χ0n) is 44.8. The highest BCUT2D eigenvalue weighted by Gasteiger charge is 2.39. The van der Waals surface area contributed by atoms with E-state index in [0.717, 1.165) is 72.1 Å². The summed E-state index contributed by atoms with van der Waals surface area (Å²) in [6.07, 6.45) is -10.3. The summed E-state index contributed by atoms with van der Waals surface area (Å²) < 4.78 is 92.6. The molecule has 7 nitrogen and oxygen atoms in total. The molecule has 0 N–H and O–H groups in total. The fourth-order valence-corrected chi connectivity index (χ4v) is 11.6. The molecule has 2 aromatic heterocycles. The first-order valence-corrected chi connectivity index (χ1v) is 26.8. The molecule has 2 heterocycles. The van der Waals surface area contributed by atoms with Crippen LogP contribution in [0.25, 0.3) is 122 Å². The van der Waals surface area contributed by atoms with Gasteiger partial charge in [-0.1, -0.05) is 84.9 Å². The van der Waals surface area contributed by atoms with Crippen LogP contribution in [0, 0.1) is 56.7 Å². The van der Waals surface area contributed by atoms with Crippen molar-refractivity contribution in [1.29, 1.82) is 26.3 Å². The summed E-state index contributed by atoms with van der Waals surface area (Å²) in [5.41, 5.74) is 9.78. The van der Waals surface area contributed by atoms with Gasteiger partial charge in [0, 0.05) is 32.7 Å². The first kappa shape index (κ1) is 53.4. The van der Waals surface area contributed by atoms with Crippen molar-refractivity contribution < 1.29 is 26.3 Å². The zero-order chi connectivity index (χ0) is 59.6. The quantitative estimate of drug-likeness (QED) is 0.140. The number of aromatic nitrogens is 2. The number of nitriles is 5. The number of fused-ring (bicyclic) bond motifs is 6. The molecule has 0 amide bonds. The molecule has 86 heavy (non-hydrogen) atoms. The van der Waals surface area contributed by atoms with Crippen LogP contribution >= 0.6 is 0 Å². The van der Waals surface area contributed by atoms with Crippen molar-refractivity contribution in [1.82, 2.24) is 9.13 Å². The highest BCUT2D eigenvalue weighted by molar-refractivity contribution is 6.14. The summed E-state index contributed by atoms with van der Waals surface area (Å²) in [6.45, 7) is 0. The summed E-state index contributed by atoms with van der Waals surface area (Å²) in [4.78, 5) is 0. The number of halogens is 6. The van der Waals surface area contributed by atoms with Crippen LogP contribution in [0.1, 0.15) is 38.9 Å². The molecule has 0 aliphatic carbocycles. The van der Waals surface area contributed by atoms with E-state index in [1.807, 2.05) is 130 Å². The van der Waals surface area contributed by atoms with Crippen molar-refractivity contribution in [2.24, 2.45) is 0 Å². The van der Waals surface area contributed by atoms with Gasteiger partial charge in [0.2, 0.25) is 0 Å². The van der Waals surface area contributed by atoms with Gasteiger partial charge in [0.25, 0.3) is 0 Å². The maximum atomic E-state index is 15.3. The maximum Gasteiger partial charge on any atom is 0.417 e. The lowest BCUT2D eigenvalue weighted by atomic mass is 9.91. The zero-order valence-corrected chi connectivity index (χ0v) is 44.8. The Morgan fingerprint density at radius 2 is 0.558 bits per heavy atom. The smallest absolute Gasteiger partial charge is 0.309 e. The summed E-state index contributed by atoms with van der Waals surface area (Å²) in [6, 6.07) is 74.8. The molecule has 406 valence electrons. The monoisotopic (exact) mass is 1130 g/mol. The Hall–Kier alpha value is -12.0. The van der Waals surface area contributed by atoms with Crippen LogP contribution in [0.15, 0.2) is 224 Å². The molecule has 13 rings (SSSR count). The molecule has 13 heteroatoms. The SMILES string of the molecule is N#Cc1ccc(-c2ccc3c(c2)c2cc(-c4ccc(C#N)cc4)ccc2n3-c2ccc(C#N)cc2-c2cc(-c3ccc(C(F)(F)F)cc3C(F)(F)F)ccc2-n2c3ccc(-c4ccc(C#N)cc4)cc3c3cc(-c4ccc(C#N)cc4)ccc32)cc1. The molecule has 0 radical (unpaired) electrons. The van der Waals surface area contributed by atoms with Crippen LogP contribution in [0.3, 0.4) is 0 Å². The van der Waals surface area contributed by atoms with Crippen LogP contribution in [0.5, 0.6) is 0 Å². The van der Waals surface area contributed by atoms with Gasteiger partial charge in [0.15, 0.2) is 0 Å². The lowest BCUT2D eigenvalue weighted by Gasteiger charge is -2.21. The fourth-order valence-electron chi connectivity index (χ4n) is 11.6. The summed E-state index contributed by atoms with van der Waals surface area (Å²) in [5.74, 6) is 0. The van der Waals surface area contributed by atoms with Gasteiger partial charge < -0.3 is 9.13 Å². The molecule has 0 aliphatic heterocycles. The Labute approximate surface area is 487 Å². The van der Waals surface area contributed by atoms with E-state index in [0.29, 0.717) is 72.9 Å². The van der Waals surface area contributed by atoms with E-state index in [1.54, 1.807) is 78.9 Å². The van der Waals surface area contributed by atoms with Crippen LogP contribution in [-0.4, -0.2) is 9.13 Å². The molecule has 0 atom stereocenters. The van der Waals surface area contributed by atoms with Gasteiger partial charge in [-0.25, -0.2) is 0 Å². The largest absolute Gasteiger partial charge is 0.417 e. The minimum absolute atomic E-state index is 0.0496. The molecule has 0 saturated heterocycles. The van der Waals surface area contributed by atoms with Crippen molar-refractivity contribution in [3.05, 3.63) is 263 Å². The van der Waals surface area contributed by atoms with E-state index in [4.69, 9.17) is 0 Å². The predicted molar refractivity (Wildman–Crippen MR) is 321 cm³/mol. The number of benzene rings is 11.